The molecule has 0 heterocycles. The zero-order valence-corrected chi connectivity index (χ0v) is 11.1. The van der Waals surface area contributed by atoms with Gasteiger partial charge in [-0.05, 0) is 48.4 Å². The summed E-state index contributed by atoms with van der Waals surface area (Å²) in [5.74, 6) is 0.887. The molecule has 1 unspecified atom stereocenters. The average molecular weight is 241 g/mol. The molecular formula is C16H19NO. The van der Waals surface area contributed by atoms with Crippen molar-refractivity contribution in [2.45, 2.75) is 19.9 Å². The van der Waals surface area contributed by atoms with Crippen molar-refractivity contribution in [2.75, 3.05) is 7.11 Å². The van der Waals surface area contributed by atoms with E-state index in [1.807, 2.05) is 19.1 Å². The summed E-state index contributed by atoms with van der Waals surface area (Å²) in [4.78, 5) is 0. The lowest BCUT2D eigenvalue weighted by atomic mass is 10.0. The zero-order chi connectivity index (χ0) is 13.1. The quantitative estimate of drug-likeness (QED) is 0.891. The van der Waals surface area contributed by atoms with E-state index in [-0.39, 0.29) is 6.04 Å². The second-order valence-corrected chi connectivity index (χ2v) is 4.65. The molecule has 0 spiro atoms. The van der Waals surface area contributed by atoms with E-state index in [1.165, 1.54) is 21.9 Å². The number of nitrogens with two attached hydrogens (primary N) is 1. The minimum Gasteiger partial charge on any atom is -0.497 e. The van der Waals surface area contributed by atoms with E-state index in [4.69, 9.17) is 10.5 Å². The number of ether oxygens (including phenoxy) is 1. The van der Waals surface area contributed by atoms with Crippen LogP contribution < -0.4 is 10.5 Å². The lowest BCUT2D eigenvalue weighted by Gasteiger charge is -2.07. The van der Waals surface area contributed by atoms with Gasteiger partial charge in [0.2, 0.25) is 0 Å². The van der Waals surface area contributed by atoms with E-state index in [0.29, 0.717) is 0 Å². The summed E-state index contributed by atoms with van der Waals surface area (Å²) in [7, 11) is 1.68. The largest absolute Gasteiger partial charge is 0.497 e. The Morgan fingerprint density at radius 2 is 1.83 bits per heavy atom. The summed E-state index contributed by atoms with van der Waals surface area (Å²) in [5, 5.41) is 2.40. The van der Waals surface area contributed by atoms with Crippen molar-refractivity contribution in [3.05, 3.63) is 47.5 Å². The lowest BCUT2D eigenvalue weighted by molar-refractivity contribution is 0.415. The molecule has 0 aromatic heterocycles. The molecule has 0 fully saturated rings. The first kappa shape index (κ1) is 12.7. The van der Waals surface area contributed by atoms with Crippen molar-refractivity contribution >= 4 is 16.8 Å². The van der Waals surface area contributed by atoms with Crippen LogP contribution in [0.2, 0.25) is 0 Å². The fourth-order valence-corrected chi connectivity index (χ4v) is 1.85. The van der Waals surface area contributed by atoms with Gasteiger partial charge in [-0.25, -0.2) is 0 Å². The Balaban J connectivity index is 2.42. The zero-order valence-electron chi connectivity index (χ0n) is 11.1. The molecule has 1 atom stereocenters. The van der Waals surface area contributed by atoms with E-state index in [1.54, 1.807) is 7.11 Å². The topological polar surface area (TPSA) is 35.2 Å². The second kappa shape index (κ2) is 5.23. The Morgan fingerprint density at radius 1 is 1.17 bits per heavy atom. The number of hydrogen-bond acceptors (Lipinski definition) is 2. The van der Waals surface area contributed by atoms with Crippen LogP contribution in [-0.4, -0.2) is 13.2 Å². The van der Waals surface area contributed by atoms with Crippen LogP contribution in [0.25, 0.3) is 16.8 Å². The van der Waals surface area contributed by atoms with Crippen molar-refractivity contribution in [3.63, 3.8) is 0 Å². The summed E-state index contributed by atoms with van der Waals surface area (Å²) in [6, 6.07) is 12.6. The van der Waals surface area contributed by atoms with Crippen LogP contribution in [0, 0.1) is 0 Å². The van der Waals surface area contributed by atoms with Crippen LogP contribution in [-0.2, 0) is 0 Å². The Kier molecular flexibility index (Phi) is 3.68. The normalized spacial score (nSPS) is 13.7. The highest BCUT2D eigenvalue weighted by atomic mass is 16.5. The third kappa shape index (κ3) is 2.71. The fraction of sp³-hybridized carbons (Fsp3) is 0.250. The van der Waals surface area contributed by atoms with Crippen molar-refractivity contribution in [1.29, 1.82) is 0 Å². The Morgan fingerprint density at radius 3 is 2.50 bits per heavy atom. The Bertz CT molecular complexity index is 585. The SMILES string of the molecule is COc1ccc2cc(/C=C(/C)C(C)N)ccc2c1. The summed E-state index contributed by atoms with van der Waals surface area (Å²) in [6.45, 7) is 4.06. The number of hydrogen-bond donors (Lipinski definition) is 1. The highest BCUT2D eigenvalue weighted by molar-refractivity contribution is 5.86. The van der Waals surface area contributed by atoms with Crippen molar-refractivity contribution in [2.24, 2.45) is 5.73 Å². The smallest absolute Gasteiger partial charge is 0.119 e. The van der Waals surface area contributed by atoms with Gasteiger partial charge in [-0.1, -0.05) is 29.8 Å². The van der Waals surface area contributed by atoms with E-state index < -0.39 is 0 Å². The van der Waals surface area contributed by atoms with Crippen LogP contribution in [0.15, 0.2) is 42.0 Å². The lowest BCUT2D eigenvalue weighted by Crippen LogP contribution is -2.15. The molecule has 2 rings (SSSR count). The summed E-state index contributed by atoms with van der Waals surface area (Å²) >= 11 is 0. The summed E-state index contributed by atoms with van der Waals surface area (Å²) in [5.41, 5.74) is 8.22. The molecular weight excluding hydrogens is 222 g/mol. The minimum absolute atomic E-state index is 0.0940. The minimum atomic E-state index is 0.0940. The third-order valence-electron chi connectivity index (χ3n) is 3.18. The first-order valence-corrected chi connectivity index (χ1v) is 6.12. The Labute approximate surface area is 108 Å². The standard InChI is InChI=1S/C16H19NO/c1-11(12(2)17)8-13-4-5-15-10-16(18-3)7-6-14(15)9-13/h4-10,12H,17H2,1-3H3/b11-8-. The third-order valence-corrected chi connectivity index (χ3v) is 3.18. The monoisotopic (exact) mass is 241 g/mol. The number of rotatable bonds is 3. The van der Waals surface area contributed by atoms with Gasteiger partial charge >= 0.3 is 0 Å². The number of benzene rings is 2. The fourth-order valence-electron chi connectivity index (χ4n) is 1.85. The molecule has 0 saturated carbocycles. The molecule has 0 amide bonds. The molecule has 2 N–H and O–H groups in total. The van der Waals surface area contributed by atoms with Gasteiger partial charge in [-0.2, -0.15) is 0 Å². The van der Waals surface area contributed by atoms with Crippen molar-refractivity contribution in [1.82, 2.24) is 0 Å². The van der Waals surface area contributed by atoms with E-state index in [2.05, 4.69) is 37.3 Å². The van der Waals surface area contributed by atoms with Crippen LogP contribution in [0.1, 0.15) is 19.4 Å². The molecule has 2 nitrogen and oxygen atoms in total. The molecule has 0 aliphatic rings. The molecule has 94 valence electrons. The second-order valence-electron chi connectivity index (χ2n) is 4.65. The van der Waals surface area contributed by atoms with Crippen LogP contribution >= 0.6 is 0 Å². The van der Waals surface area contributed by atoms with Gasteiger partial charge in [0.25, 0.3) is 0 Å². The highest BCUT2D eigenvalue weighted by Gasteiger charge is 2.00. The van der Waals surface area contributed by atoms with Crippen molar-refractivity contribution < 1.29 is 4.74 Å². The number of methoxy groups -OCH3 is 1. The molecule has 18 heavy (non-hydrogen) atoms. The van der Waals surface area contributed by atoms with E-state index in [9.17, 15) is 0 Å². The Hall–Kier alpha value is -1.80. The van der Waals surface area contributed by atoms with Gasteiger partial charge in [-0.15, -0.1) is 0 Å². The predicted molar refractivity (Wildman–Crippen MR) is 77.8 cm³/mol. The van der Waals surface area contributed by atoms with Gasteiger partial charge in [0.05, 0.1) is 7.11 Å². The summed E-state index contributed by atoms with van der Waals surface area (Å²) < 4.78 is 5.22. The van der Waals surface area contributed by atoms with Crippen LogP contribution in [0.5, 0.6) is 5.75 Å². The number of fused-ring (bicyclic) bond motifs is 1. The first-order chi connectivity index (χ1) is 8.60. The maximum atomic E-state index is 5.85. The first-order valence-electron chi connectivity index (χ1n) is 6.12. The molecule has 0 saturated heterocycles. The molecule has 0 aliphatic carbocycles. The van der Waals surface area contributed by atoms with Crippen molar-refractivity contribution in [3.8, 4) is 5.75 Å². The van der Waals surface area contributed by atoms with Gasteiger partial charge in [0.15, 0.2) is 0 Å². The molecule has 2 heteroatoms. The van der Waals surface area contributed by atoms with Gasteiger partial charge < -0.3 is 10.5 Å². The highest BCUT2D eigenvalue weighted by Crippen LogP contribution is 2.22. The average Bonchev–Trinajstić information content (AvgIpc) is 2.37. The van der Waals surface area contributed by atoms with E-state index in [0.717, 1.165) is 5.75 Å². The van der Waals surface area contributed by atoms with E-state index >= 15 is 0 Å². The molecule has 0 aliphatic heterocycles. The van der Waals surface area contributed by atoms with Gasteiger partial charge in [-0.3, -0.25) is 0 Å². The van der Waals surface area contributed by atoms with Gasteiger partial charge in [0, 0.05) is 6.04 Å². The maximum Gasteiger partial charge on any atom is 0.119 e. The molecule has 2 aromatic rings. The van der Waals surface area contributed by atoms with Crippen LogP contribution in [0.3, 0.4) is 0 Å². The molecule has 0 radical (unpaired) electrons. The maximum absolute atomic E-state index is 5.85. The predicted octanol–water partition coefficient (Wildman–Crippen LogP) is 3.60. The molecule has 0 bridgehead atoms. The van der Waals surface area contributed by atoms with Crippen LogP contribution in [0.4, 0.5) is 0 Å². The van der Waals surface area contributed by atoms with Gasteiger partial charge in [0.1, 0.15) is 5.75 Å². The summed E-state index contributed by atoms with van der Waals surface area (Å²) in [6.07, 6.45) is 2.13. The molecule has 2 aromatic carbocycles.